The molecule has 4 rings (SSSR count). The van der Waals surface area contributed by atoms with Crippen molar-refractivity contribution in [3.63, 3.8) is 0 Å². The summed E-state index contributed by atoms with van der Waals surface area (Å²) in [5.41, 5.74) is 3.22. The van der Waals surface area contributed by atoms with Crippen molar-refractivity contribution in [3.8, 4) is 11.4 Å². The van der Waals surface area contributed by atoms with E-state index in [1.807, 2.05) is 36.4 Å². The summed E-state index contributed by atoms with van der Waals surface area (Å²) in [4.78, 5) is 16.9. The Kier molecular flexibility index (Phi) is 4.50. The lowest BCUT2D eigenvalue weighted by Crippen LogP contribution is -2.11. The van der Waals surface area contributed by atoms with Gasteiger partial charge in [-0.25, -0.2) is 4.98 Å². The topological polar surface area (TPSA) is 90.9 Å². The number of carbonyl (C=O) groups is 1. The lowest BCUT2D eigenvalue weighted by Gasteiger charge is -2.07. The van der Waals surface area contributed by atoms with Crippen molar-refractivity contribution in [1.29, 1.82) is 0 Å². The van der Waals surface area contributed by atoms with Gasteiger partial charge in [0.15, 0.2) is 5.82 Å². The third kappa shape index (κ3) is 3.65. The van der Waals surface area contributed by atoms with Crippen LogP contribution in [-0.4, -0.2) is 32.8 Å². The smallest absolute Gasteiger partial charge is 0.255 e. The number of anilines is 1. The second-order valence-electron chi connectivity index (χ2n) is 6.52. The Morgan fingerprint density at radius 2 is 1.85 bits per heavy atom. The summed E-state index contributed by atoms with van der Waals surface area (Å²) in [5.74, 6) is 1.98. The first kappa shape index (κ1) is 16.5. The van der Waals surface area contributed by atoms with Crippen LogP contribution in [0.1, 0.15) is 40.5 Å². The van der Waals surface area contributed by atoms with E-state index >= 15 is 0 Å². The zero-order valence-electron chi connectivity index (χ0n) is 14.3. The second kappa shape index (κ2) is 7.09. The minimum absolute atomic E-state index is 0.116. The molecule has 0 bridgehead atoms. The fourth-order valence-corrected chi connectivity index (χ4v) is 2.80. The van der Waals surface area contributed by atoms with Crippen molar-refractivity contribution in [2.24, 2.45) is 0 Å². The van der Waals surface area contributed by atoms with E-state index in [9.17, 15) is 4.79 Å². The number of benzene rings is 2. The summed E-state index contributed by atoms with van der Waals surface area (Å²) in [7, 11) is 0. The number of hydrogen-bond donors (Lipinski definition) is 3. The molecule has 1 aliphatic carbocycles. The van der Waals surface area contributed by atoms with Crippen molar-refractivity contribution in [2.45, 2.75) is 25.2 Å². The van der Waals surface area contributed by atoms with E-state index in [1.54, 1.807) is 12.1 Å². The van der Waals surface area contributed by atoms with Gasteiger partial charge >= 0.3 is 0 Å². The minimum atomic E-state index is -0.167. The zero-order valence-corrected chi connectivity index (χ0v) is 14.3. The number of aromatic nitrogens is 3. The molecule has 0 unspecified atom stereocenters. The number of aliphatic hydroxyl groups excluding tert-OH is 1. The predicted molar refractivity (Wildman–Crippen MR) is 99.0 cm³/mol. The zero-order chi connectivity index (χ0) is 17.9. The van der Waals surface area contributed by atoms with Gasteiger partial charge in [0.05, 0.1) is 0 Å². The third-order valence-electron chi connectivity index (χ3n) is 4.48. The number of aliphatic hydroxyl groups is 1. The van der Waals surface area contributed by atoms with Gasteiger partial charge in [-0.3, -0.25) is 9.89 Å². The highest BCUT2D eigenvalue weighted by molar-refractivity contribution is 6.04. The average molecular weight is 348 g/mol. The van der Waals surface area contributed by atoms with Crippen molar-refractivity contribution in [1.82, 2.24) is 15.2 Å². The summed E-state index contributed by atoms with van der Waals surface area (Å²) in [6.45, 7) is 0.116. The van der Waals surface area contributed by atoms with Crippen LogP contribution in [0.25, 0.3) is 11.4 Å². The molecular weight excluding hydrogens is 328 g/mol. The first-order chi connectivity index (χ1) is 12.7. The molecule has 6 heteroatoms. The van der Waals surface area contributed by atoms with Gasteiger partial charge in [-0.05, 0) is 49.1 Å². The monoisotopic (exact) mass is 348 g/mol. The summed E-state index contributed by atoms with van der Waals surface area (Å²) >= 11 is 0. The van der Waals surface area contributed by atoms with Crippen LogP contribution in [0.3, 0.4) is 0 Å². The maximum atomic E-state index is 12.4. The van der Waals surface area contributed by atoms with Crippen molar-refractivity contribution in [3.05, 3.63) is 65.5 Å². The second-order valence-corrected chi connectivity index (χ2v) is 6.52. The Morgan fingerprint density at radius 1 is 1.12 bits per heavy atom. The highest BCUT2D eigenvalue weighted by Gasteiger charge is 2.27. The molecule has 3 aromatic rings. The molecular formula is C20H20N4O2. The molecule has 132 valence electrons. The quantitative estimate of drug-likeness (QED) is 0.638. The van der Waals surface area contributed by atoms with Crippen LogP contribution in [0.2, 0.25) is 0 Å². The highest BCUT2D eigenvalue weighted by atomic mass is 16.3. The van der Waals surface area contributed by atoms with Crippen molar-refractivity contribution in [2.75, 3.05) is 11.9 Å². The van der Waals surface area contributed by atoms with Gasteiger partial charge in [-0.2, -0.15) is 5.10 Å². The molecule has 1 aromatic heterocycles. The number of H-pyrrole nitrogens is 1. The number of rotatable bonds is 6. The Labute approximate surface area is 151 Å². The Morgan fingerprint density at radius 3 is 2.50 bits per heavy atom. The Hall–Kier alpha value is -2.99. The van der Waals surface area contributed by atoms with E-state index < -0.39 is 0 Å². The van der Waals surface area contributed by atoms with E-state index in [0.29, 0.717) is 23.7 Å². The lowest BCUT2D eigenvalue weighted by atomic mass is 10.1. The molecule has 3 N–H and O–H groups in total. The van der Waals surface area contributed by atoms with Gasteiger partial charge in [-0.1, -0.05) is 24.3 Å². The lowest BCUT2D eigenvalue weighted by molar-refractivity contribution is 0.102. The summed E-state index contributed by atoms with van der Waals surface area (Å²) < 4.78 is 0. The normalized spacial score (nSPS) is 13.6. The number of amides is 1. The number of aromatic amines is 1. The average Bonchev–Trinajstić information content (AvgIpc) is 3.40. The number of carbonyl (C=O) groups excluding carboxylic acids is 1. The van der Waals surface area contributed by atoms with Gasteiger partial charge in [-0.15, -0.1) is 0 Å². The van der Waals surface area contributed by atoms with Gasteiger partial charge in [0.2, 0.25) is 0 Å². The molecule has 1 heterocycles. The molecule has 26 heavy (non-hydrogen) atoms. The van der Waals surface area contributed by atoms with Gasteiger partial charge in [0.1, 0.15) is 5.82 Å². The fraction of sp³-hybridized carbons (Fsp3) is 0.250. The molecule has 6 nitrogen and oxygen atoms in total. The minimum Gasteiger partial charge on any atom is -0.396 e. The van der Waals surface area contributed by atoms with Crippen molar-refractivity contribution >= 4 is 11.6 Å². The van der Waals surface area contributed by atoms with Crippen molar-refractivity contribution < 1.29 is 9.90 Å². The third-order valence-corrected chi connectivity index (χ3v) is 4.48. The van der Waals surface area contributed by atoms with Crippen LogP contribution in [0.5, 0.6) is 0 Å². The summed E-state index contributed by atoms with van der Waals surface area (Å²) in [6, 6.07) is 14.7. The Balaban J connectivity index is 1.42. The predicted octanol–water partition coefficient (Wildman–Crippen LogP) is 3.14. The number of hydrogen-bond acceptors (Lipinski definition) is 4. The van der Waals surface area contributed by atoms with Crippen LogP contribution in [-0.2, 0) is 6.42 Å². The van der Waals surface area contributed by atoms with E-state index in [2.05, 4.69) is 20.5 Å². The Bertz CT molecular complexity index is 896. The number of nitrogens with zero attached hydrogens (tertiary/aromatic N) is 2. The number of nitrogens with one attached hydrogen (secondary N) is 2. The van der Waals surface area contributed by atoms with Gasteiger partial charge in [0, 0.05) is 29.3 Å². The van der Waals surface area contributed by atoms with E-state index in [0.717, 1.165) is 22.6 Å². The van der Waals surface area contributed by atoms with Crippen LogP contribution in [0.4, 0.5) is 5.69 Å². The van der Waals surface area contributed by atoms with Crippen LogP contribution in [0.15, 0.2) is 48.5 Å². The summed E-state index contributed by atoms with van der Waals surface area (Å²) in [5, 5.41) is 19.1. The molecule has 1 amide bonds. The molecule has 0 atom stereocenters. The van der Waals surface area contributed by atoms with Gasteiger partial charge < -0.3 is 10.4 Å². The van der Waals surface area contributed by atoms with E-state index in [1.165, 1.54) is 12.8 Å². The first-order valence-electron chi connectivity index (χ1n) is 8.77. The van der Waals surface area contributed by atoms with E-state index in [-0.39, 0.29) is 12.5 Å². The molecule has 0 aliphatic heterocycles. The van der Waals surface area contributed by atoms with Crippen LogP contribution < -0.4 is 5.32 Å². The van der Waals surface area contributed by atoms with E-state index in [4.69, 9.17) is 5.11 Å². The van der Waals surface area contributed by atoms with Crippen LogP contribution >= 0.6 is 0 Å². The van der Waals surface area contributed by atoms with Gasteiger partial charge in [0.25, 0.3) is 5.91 Å². The fourth-order valence-electron chi connectivity index (χ4n) is 2.80. The van der Waals surface area contributed by atoms with Crippen LogP contribution in [0, 0.1) is 0 Å². The standard InChI is InChI=1S/C20H20N4O2/c25-12-11-13-1-9-17(10-2-13)21-20(26)16-7-5-15(6-8-16)19-22-18(23-24-19)14-3-4-14/h1-2,5-10,14,25H,3-4,11-12H2,(H,21,26)(H,22,23,24). The molecule has 2 aromatic carbocycles. The largest absolute Gasteiger partial charge is 0.396 e. The molecule has 1 fully saturated rings. The maximum absolute atomic E-state index is 12.4. The molecule has 0 radical (unpaired) electrons. The first-order valence-corrected chi connectivity index (χ1v) is 8.77. The molecule has 1 saturated carbocycles. The maximum Gasteiger partial charge on any atom is 0.255 e. The summed E-state index contributed by atoms with van der Waals surface area (Å²) in [6.07, 6.45) is 2.96. The molecule has 1 aliphatic rings. The highest BCUT2D eigenvalue weighted by Crippen LogP contribution is 2.38. The molecule has 0 saturated heterocycles. The molecule has 0 spiro atoms. The SMILES string of the molecule is O=C(Nc1ccc(CCO)cc1)c1ccc(-c2n[nH]c(C3CC3)n2)cc1.